The van der Waals surface area contributed by atoms with E-state index in [1.807, 2.05) is 0 Å². The van der Waals surface area contributed by atoms with E-state index >= 15 is 4.39 Å². The highest BCUT2D eigenvalue weighted by atomic mass is 35.5. The van der Waals surface area contributed by atoms with Gasteiger partial charge in [-0.3, -0.25) is 20.0 Å². The van der Waals surface area contributed by atoms with Crippen molar-refractivity contribution in [2.24, 2.45) is 0 Å². The molecule has 12 heteroatoms. The van der Waals surface area contributed by atoms with E-state index in [0.29, 0.717) is 45.9 Å². The molecule has 1 amide bonds. The van der Waals surface area contributed by atoms with Gasteiger partial charge in [0.15, 0.2) is 17.3 Å². The van der Waals surface area contributed by atoms with E-state index < -0.39 is 5.82 Å². The number of benzene rings is 1. The first-order valence-electron chi connectivity index (χ1n) is 8.31. The first kappa shape index (κ1) is 17.1. The lowest BCUT2D eigenvalue weighted by Gasteiger charge is -2.13. The van der Waals surface area contributed by atoms with Gasteiger partial charge < -0.3 is 15.0 Å². The molecular weight excluding hydrogens is 401 g/mol. The van der Waals surface area contributed by atoms with Crippen molar-refractivity contribution in [1.29, 1.82) is 0 Å². The number of aromatic nitrogens is 7. The monoisotopic (exact) mass is 411 g/mol. The summed E-state index contributed by atoms with van der Waals surface area (Å²) >= 11 is 6.41. The summed E-state index contributed by atoms with van der Waals surface area (Å²) in [5.74, 6) is 0.199. The minimum atomic E-state index is -0.663. The Bertz CT molecular complexity index is 1360. The van der Waals surface area contributed by atoms with Gasteiger partial charge in [-0.1, -0.05) is 11.6 Å². The summed E-state index contributed by atoms with van der Waals surface area (Å²) in [5.41, 5.74) is 1.86. The number of halogens is 2. The average Bonchev–Trinajstić information content (AvgIpc) is 3.46. The second kappa shape index (κ2) is 6.56. The highest BCUT2D eigenvalue weighted by molar-refractivity contribution is 6.36. The molecule has 0 atom stereocenters. The molecule has 0 spiro atoms. The fraction of sp³-hybridized carbons (Fsp3) is 0. The third-order valence-corrected chi connectivity index (χ3v) is 4.71. The van der Waals surface area contributed by atoms with Gasteiger partial charge in [-0.15, -0.1) is 0 Å². The fourth-order valence-corrected chi connectivity index (χ4v) is 3.39. The number of hydrogen-bond acceptors (Lipinski definition) is 6. The topological polar surface area (TPSA) is 129 Å². The van der Waals surface area contributed by atoms with Crippen LogP contribution in [0.4, 0.5) is 21.7 Å². The van der Waals surface area contributed by atoms with Gasteiger partial charge in [0.25, 0.3) is 0 Å². The maximum absolute atomic E-state index is 15.2. The molecule has 29 heavy (non-hydrogen) atoms. The number of fused-ring (bicyclic) bond motifs is 2. The van der Waals surface area contributed by atoms with Crippen molar-refractivity contribution >= 4 is 51.9 Å². The number of carbonyl (C=O) groups excluding carboxylic acids is 1. The molecule has 0 saturated heterocycles. The standard InChI is InChI=1S/C17H11ClFN9O/c18-14-13(9-5-28-6-11(21-7-29)24-12(28)4-20-9)8-3-23-27-16(8)17(15(14)19)25-10-1-2-22-26-10/h1-7H,(H,21,29)(H,23,27)(H2,22,25,26). The first-order valence-corrected chi connectivity index (χ1v) is 8.69. The van der Waals surface area contributed by atoms with Gasteiger partial charge in [-0.2, -0.15) is 10.2 Å². The summed E-state index contributed by atoms with van der Waals surface area (Å²) in [5, 5.41) is 19.2. The predicted octanol–water partition coefficient (Wildman–Crippen LogP) is 3.10. The van der Waals surface area contributed by atoms with Gasteiger partial charge in [-0.05, 0) is 0 Å². The van der Waals surface area contributed by atoms with Crippen LogP contribution >= 0.6 is 11.6 Å². The largest absolute Gasteiger partial charge is 0.336 e. The van der Waals surface area contributed by atoms with Crippen LogP contribution in [0.2, 0.25) is 5.02 Å². The lowest BCUT2D eigenvalue weighted by Crippen LogP contribution is -1.99. The second-order valence-corrected chi connectivity index (χ2v) is 6.44. The minimum absolute atomic E-state index is 0.112. The fourth-order valence-electron chi connectivity index (χ4n) is 3.10. The van der Waals surface area contributed by atoms with E-state index in [9.17, 15) is 4.79 Å². The van der Waals surface area contributed by atoms with Crippen LogP contribution in [-0.4, -0.2) is 41.2 Å². The molecule has 0 aliphatic heterocycles. The van der Waals surface area contributed by atoms with E-state index in [2.05, 4.69) is 41.0 Å². The number of hydrogen-bond donors (Lipinski definition) is 4. The van der Waals surface area contributed by atoms with Crippen LogP contribution in [0.3, 0.4) is 0 Å². The zero-order chi connectivity index (χ0) is 20.0. The van der Waals surface area contributed by atoms with E-state index in [1.54, 1.807) is 35.3 Å². The summed E-state index contributed by atoms with van der Waals surface area (Å²) in [7, 11) is 0. The number of anilines is 3. The van der Waals surface area contributed by atoms with Crippen molar-refractivity contribution in [3.8, 4) is 11.3 Å². The molecule has 10 nitrogen and oxygen atoms in total. The molecule has 0 radical (unpaired) electrons. The second-order valence-electron chi connectivity index (χ2n) is 6.06. The lowest BCUT2D eigenvalue weighted by molar-refractivity contribution is -0.105. The minimum Gasteiger partial charge on any atom is -0.336 e. The number of imidazole rings is 1. The molecule has 4 N–H and O–H groups in total. The molecule has 4 heterocycles. The molecule has 0 saturated carbocycles. The van der Waals surface area contributed by atoms with Crippen LogP contribution in [0.15, 0.2) is 37.1 Å². The van der Waals surface area contributed by atoms with Crippen molar-refractivity contribution in [1.82, 2.24) is 34.8 Å². The predicted molar refractivity (Wildman–Crippen MR) is 105 cm³/mol. The van der Waals surface area contributed by atoms with Gasteiger partial charge >= 0.3 is 0 Å². The molecule has 144 valence electrons. The molecule has 5 rings (SSSR count). The van der Waals surface area contributed by atoms with Crippen LogP contribution in [-0.2, 0) is 4.79 Å². The molecule has 0 unspecified atom stereocenters. The van der Waals surface area contributed by atoms with E-state index in [0.717, 1.165) is 0 Å². The number of H-pyrrole nitrogens is 2. The molecular formula is C17H11ClFN9O. The van der Waals surface area contributed by atoms with Crippen LogP contribution in [0, 0.1) is 5.82 Å². The van der Waals surface area contributed by atoms with Crippen molar-refractivity contribution in [3.05, 3.63) is 47.9 Å². The van der Waals surface area contributed by atoms with Crippen LogP contribution < -0.4 is 10.6 Å². The van der Waals surface area contributed by atoms with Gasteiger partial charge in [0.05, 0.1) is 41.0 Å². The van der Waals surface area contributed by atoms with Crippen LogP contribution in [0.5, 0.6) is 0 Å². The molecule has 0 aliphatic rings. The third-order valence-electron chi connectivity index (χ3n) is 4.36. The summed E-state index contributed by atoms with van der Waals surface area (Å²) in [6, 6.07) is 1.66. The normalized spacial score (nSPS) is 11.2. The van der Waals surface area contributed by atoms with Gasteiger partial charge in [0.2, 0.25) is 6.41 Å². The number of carbonyl (C=O) groups is 1. The number of rotatable bonds is 5. The Labute approximate surface area is 166 Å². The lowest BCUT2D eigenvalue weighted by atomic mass is 10.1. The highest BCUT2D eigenvalue weighted by Crippen LogP contribution is 2.41. The van der Waals surface area contributed by atoms with Gasteiger partial charge in [0, 0.05) is 23.2 Å². The molecule has 5 aromatic rings. The Hall–Kier alpha value is -3.99. The smallest absolute Gasteiger partial charge is 0.212 e. The van der Waals surface area contributed by atoms with Gasteiger partial charge in [-0.25, -0.2) is 9.37 Å². The zero-order valence-electron chi connectivity index (χ0n) is 14.4. The summed E-state index contributed by atoms with van der Waals surface area (Å²) in [6.45, 7) is 0. The summed E-state index contributed by atoms with van der Waals surface area (Å²) < 4.78 is 16.9. The Morgan fingerprint density at radius 2 is 2.10 bits per heavy atom. The third kappa shape index (κ3) is 2.75. The molecule has 4 aromatic heterocycles. The van der Waals surface area contributed by atoms with Crippen molar-refractivity contribution in [2.75, 3.05) is 10.6 Å². The quantitative estimate of drug-likeness (QED) is 0.329. The SMILES string of the molecule is O=CNc1cn2cc(-c3c(Cl)c(F)c(Nc4ccn[nH]4)c4[nH]ncc34)ncc2n1. The van der Waals surface area contributed by atoms with Crippen LogP contribution in [0.1, 0.15) is 0 Å². The number of nitrogens with zero attached hydrogens (tertiary/aromatic N) is 5. The summed E-state index contributed by atoms with van der Waals surface area (Å²) in [4.78, 5) is 19.2. The zero-order valence-corrected chi connectivity index (χ0v) is 15.2. The highest BCUT2D eigenvalue weighted by Gasteiger charge is 2.22. The molecule has 0 aliphatic carbocycles. The number of amides is 1. The van der Waals surface area contributed by atoms with E-state index in [-0.39, 0.29) is 10.7 Å². The number of nitrogens with one attached hydrogen (secondary N) is 4. The molecule has 0 bridgehead atoms. The maximum Gasteiger partial charge on any atom is 0.212 e. The Morgan fingerprint density at radius 3 is 2.90 bits per heavy atom. The van der Waals surface area contributed by atoms with Crippen LogP contribution in [0.25, 0.3) is 27.8 Å². The Kier molecular flexibility index (Phi) is 3.88. The average molecular weight is 412 g/mol. The Balaban J connectivity index is 1.69. The first-order chi connectivity index (χ1) is 14.2. The molecule has 1 aromatic carbocycles. The maximum atomic E-state index is 15.2. The van der Waals surface area contributed by atoms with E-state index in [1.165, 1.54) is 6.20 Å². The van der Waals surface area contributed by atoms with Crippen molar-refractivity contribution in [3.63, 3.8) is 0 Å². The number of aromatic amines is 2. The van der Waals surface area contributed by atoms with Gasteiger partial charge in [0.1, 0.15) is 11.5 Å². The van der Waals surface area contributed by atoms with Crippen molar-refractivity contribution in [2.45, 2.75) is 0 Å². The molecule has 0 fully saturated rings. The van der Waals surface area contributed by atoms with Crippen molar-refractivity contribution < 1.29 is 9.18 Å². The summed E-state index contributed by atoms with van der Waals surface area (Å²) in [6.07, 6.45) is 8.38. The van der Waals surface area contributed by atoms with E-state index in [4.69, 9.17) is 11.6 Å². The Morgan fingerprint density at radius 1 is 1.21 bits per heavy atom.